The summed E-state index contributed by atoms with van der Waals surface area (Å²) in [6.07, 6.45) is 0.755. The Morgan fingerprint density at radius 3 is 2.62 bits per heavy atom. The minimum atomic E-state index is 0.239. The van der Waals surface area contributed by atoms with E-state index in [1.165, 1.54) is 0 Å². The van der Waals surface area contributed by atoms with Gasteiger partial charge in [-0.15, -0.1) is 11.6 Å². The predicted octanol–water partition coefficient (Wildman–Crippen LogP) is 3.09. The molecule has 21 heavy (non-hydrogen) atoms. The van der Waals surface area contributed by atoms with Crippen LogP contribution in [0, 0.1) is 12.8 Å². The summed E-state index contributed by atoms with van der Waals surface area (Å²) < 4.78 is 9.89. The van der Waals surface area contributed by atoms with Crippen molar-refractivity contribution in [3.05, 3.63) is 11.5 Å². The zero-order valence-electron chi connectivity index (χ0n) is 13.6. The highest BCUT2D eigenvalue weighted by atomic mass is 35.5. The Hall–Kier alpha value is -1.07. The number of aryl methyl sites for hydroxylation is 3. The van der Waals surface area contributed by atoms with Gasteiger partial charge < -0.3 is 9.30 Å². The minimum Gasteiger partial charge on any atom is -0.380 e. The van der Waals surface area contributed by atoms with Crippen LogP contribution in [-0.4, -0.2) is 38.4 Å². The maximum Gasteiger partial charge on any atom is 0.159 e. The molecule has 1 atom stereocenters. The molecule has 5 nitrogen and oxygen atoms in total. The summed E-state index contributed by atoms with van der Waals surface area (Å²) >= 11 is 5.96. The Bertz CT molecular complexity index is 602. The van der Waals surface area contributed by atoms with Gasteiger partial charge in [-0.3, -0.25) is 4.68 Å². The van der Waals surface area contributed by atoms with Crippen LogP contribution in [0.4, 0.5) is 0 Å². The lowest BCUT2D eigenvalue weighted by atomic mass is 10.0. The number of imidazole rings is 1. The third-order valence-electron chi connectivity index (χ3n) is 3.82. The first-order valence-corrected chi connectivity index (χ1v) is 8.08. The van der Waals surface area contributed by atoms with Crippen LogP contribution in [0.2, 0.25) is 0 Å². The SMILES string of the molecule is CCOCC(C(C)C)n1c(CCCl)nc2c(C)nn(C)c21. The first-order chi connectivity index (χ1) is 10.0. The third kappa shape index (κ3) is 3.09. The predicted molar refractivity (Wildman–Crippen MR) is 86.0 cm³/mol. The molecule has 0 saturated heterocycles. The second kappa shape index (κ2) is 6.79. The van der Waals surface area contributed by atoms with Crippen LogP contribution in [0.1, 0.15) is 38.3 Å². The lowest BCUT2D eigenvalue weighted by molar-refractivity contribution is 0.0964. The standard InChI is InChI=1S/C15H25ClN4O/c1-6-21-9-12(10(2)3)20-13(7-8-16)17-14-11(4)18-19(5)15(14)20/h10,12H,6-9H2,1-5H3. The maximum atomic E-state index is 5.96. The largest absolute Gasteiger partial charge is 0.380 e. The fourth-order valence-electron chi connectivity index (χ4n) is 2.75. The van der Waals surface area contributed by atoms with E-state index in [4.69, 9.17) is 21.3 Å². The van der Waals surface area contributed by atoms with Gasteiger partial charge in [-0.1, -0.05) is 13.8 Å². The van der Waals surface area contributed by atoms with E-state index in [1.54, 1.807) is 0 Å². The molecule has 2 aromatic rings. The number of ether oxygens (including phenoxy) is 1. The van der Waals surface area contributed by atoms with E-state index in [0.717, 1.165) is 35.7 Å². The summed E-state index contributed by atoms with van der Waals surface area (Å²) in [7, 11) is 1.97. The van der Waals surface area contributed by atoms with Gasteiger partial charge >= 0.3 is 0 Å². The van der Waals surface area contributed by atoms with Gasteiger partial charge in [-0.05, 0) is 19.8 Å². The second-order valence-electron chi connectivity index (χ2n) is 5.69. The van der Waals surface area contributed by atoms with E-state index in [9.17, 15) is 0 Å². The van der Waals surface area contributed by atoms with E-state index < -0.39 is 0 Å². The van der Waals surface area contributed by atoms with E-state index >= 15 is 0 Å². The molecule has 0 aromatic carbocycles. The Labute approximate surface area is 131 Å². The molecule has 0 fully saturated rings. The number of halogens is 1. The van der Waals surface area contributed by atoms with Crippen LogP contribution in [0.5, 0.6) is 0 Å². The Morgan fingerprint density at radius 2 is 2.05 bits per heavy atom. The molecule has 0 aliphatic rings. The van der Waals surface area contributed by atoms with Gasteiger partial charge in [-0.25, -0.2) is 4.98 Å². The smallest absolute Gasteiger partial charge is 0.159 e. The molecule has 2 heterocycles. The van der Waals surface area contributed by atoms with Crippen molar-refractivity contribution >= 4 is 22.8 Å². The van der Waals surface area contributed by atoms with E-state index in [1.807, 2.05) is 25.6 Å². The van der Waals surface area contributed by atoms with E-state index in [-0.39, 0.29) is 6.04 Å². The van der Waals surface area contributed by atoms with E-state index in [2.05, 4.69) is 23.5 Å². The molecular formula is C15H25ClN4O. The number of nitrogens with zero attached hydrogens (tertiary/aromatic N) is 4. The van der Waals surface area contributed by atoms with Crippen molar-refractivity contribution in [3.63, 3.8) is 0 Å². The second-order valence-corrected chi connectivity index (χ2v) is 6.07. The Kier molecular flexibility index (Phi) is 5.27. The third-order valence-corrected chi connectivity index (χ3v) is 4.01. The molecule has 0 N–H and O–H groups in total. The quantitative estimate of drug-likeness (QED) is 0.738. The minimum absolute atomic E-state index is 0.239. The zero-order valence-corrected chi connectivity index (χ0v) is 14.3. The highest BCUT2D eigenvalue weighted by Gasteiger charge is 2.25. The van der Waals surface area contributed by atoms with Gasteiger partial charge in [0.15, 0.2) is 5.65 Å². The molecule has 0 bridgehead atoms. The summed E-state index contributed by atoms with van der Waals surface area (Å²) in [5.41, 5.74) is 2.99. The molecule has 0 aliphatic carbocycles. The normalized spacial score (nSPS) is 13.5. The van der Waals surface area contributed by atoms with Gasteiger partial charge in [0.2, 0.25) is 0 Å². The molecule has 118 valence electrons. The molecule has 2 rings (SSSR count). The molecule has 6 heteroatoms. The summed E-state index contributed by atoms with van der Waals surface area (Å²) in [6.45, 7) is 9.84. The maximum absolute atomic E-state index is 5.96. The number of fused-ring (bicyclic) bond motifs is 1. The van der Waals surface area contributed by atoms with Gasteiger partial charge in [0.25, 0.3) is 0 Å². The number of aromatic nitrogens is 4. The fraction of sp³-hybridized carbons (Fsp3) is 0.733. The molecule has 0 amide bonds. The first kappa shape index (κ1) is 16.3. The lowest BCUT2D eigenvalue weighted by Crippen LogP contribution is -2.24. The highest BCUT2D eigenvalue weighted by molar-refractivity contribution is 6.17. The van der Waals surface area contributed by atoms with Crippen LogP contribution in [-0.2, 0) is 18.2 Å². The molecule has 0 aliphatic heterocycles. The van der Waals surface area contributed by atoms with Crippen molar-refractivity contribution in [2.75, 3.05) is 19.1 Å². The van der Waals surface area contributed by atoms with Crippen LogP contribution in [0.25, 0.3) is 11.2 Å². The van der Waals surface area contributed by atoms with Gasteiger partial charge in [0.1, 0.15) is 11.3 Å². The number of alkyl halides is 1. The van der Waals surface area contributed by atoms with Crippen LogP contribution < -0.4 is 0 Å². The summed E-state index contributed by atoms with van der Waals surface area (Å²) in [4.78, 5) is 4.77. The Morgan fingerprint density at radius 1 is 1.33 bits per heavy atom. The molecule has 0 radical (unpaired) electrons. The van der Waals surface area contributed by atoms with Gasteiger partial charge in [-0.2, -0.15) is 5.10 Å². The van der Waals surface area contributed by atoms with Crippen LogP contribution in [0.3, 0.4) is 0 Å². The van der Waals surface area contributed by atoms with Crippen molar-refractivity contribution in [2.45, 2.75) is 40.2 Å². The average Bonchev–Trinajstić information content (AvgIpc) is 2.91. The van der Waals surface area contributed by atoms with Gasteiger partial charge in [0, 0.05) is 26.0 Å². The zero-order chi connectivity index (χ0) is 15.6. The monoisotopic (exact) mass is 312 g/mol. The summed E-state index contributed by atoms with van der Waals surface area (Å²) in [5.74, 6) is 2.03. The number of hydrogen-bond donors (Lipinski definition) is 0. The molecule has 2 aromatic heterocycles. The fourth-order valence-corrected chi connectivity index (χ4v) is 2.92. The highest BCUT2D eigenvalue weighted by Crippen LogP contribution is 2.28. The topological polar surface area (TPSA) is 44.9 Å². The van der Waals surface area contributed by atoms with Crippen molar-refractivity contribution in [3.8, 4) is 0 Å². The number of rotatable bonds is 7. The lowest BCUT2D eigenvalue weighted by Gasteiger charge is -2.25. The van der Waals surface area contributed by atoms with E-state index in [0.29, 0.717) is 18.4 Å². The average molecular weight is 313 g/mol. The Balaban J connectivity index is 2.58. The molecule has 0 spiro atoms. The number of hydrogen-bond acceptors (Lipinski definition) is 3. The summed E-state index contributed by atoms with van der Waals surface area (Å²) in [6, 6.07) is 0.239. The molecule has 1 unspecified atom stereocenters. The van der Waals surface area contributed by atoms with Gasteiger partial charge in [0.05, 0.1) is 18.3 Å². The van der Waals surface area contributed by atoms with Crippen molar-refractivity contribution < 1.29 is 4.74 Å². The molecular weight excluding hydrogens is 288 g/mol. The van der Waals surface area contributed by atoms with Crippen molar-refractivity contribution in [1.82, 2.24) is 19.3 Å². The first-order valence-electron chi connectivity index (χ1n) is 7.55. The van der Waals surface area contributed by atoms with Crippen LogP contribution in [0.15, 0.2) is 0 Å². The van der Waals surface area contributed by atoms with Crippen molar-refractivity contribution in [2.24, 2.45) is 13.0 Å². The molecule has 0 saturated carbocycles. The summed E-state index contributed by atoms with van der Waals surface area (Å²) in [5, 5.41) is 4.49. The van der Waals surface area contributed by atoms with Crippen molar-refractivity contribution in [1.29, 1.82) is 0 Å². The van der Waals surface area contributed by atoms with Crippen LogP contribution >= 0.6 is 11.6 Å².